The van der Waals surface area contributed by atoms with Crippen LogP contribution in [0.4, 0.5) is 0 Å². The fourth-order valence-corrected chi connectivity index (χ4v) is 4.40. The Bertz CT molecular complexity index is 995. The van der Waals surface area contributed by atoms with Crippen LogP contribution in [0.15, 0.2) is 48.7 Å². The van der Waals surface area contributed by atoms with Crippen LogP contribution >= 0.6 is 0 Å². The number of benzene rings is 2. The minimum absolute atomic E-state index is 0.0561. The number of fused-ring (bicyclic) bond motifs is 1. The van der Waals surface area contributed by atoms with Crippen LogP contribution in [0.3, 0.4) is 0 Å². The van der Waals surface area contributed by atoms with E-state index in [0.717, 1.165) is 54.8 Å². The highest BCUT2D eigenvalue weighted by molar-refractivity contribution is 5.83. The zero-order valence-electron chi connectivity index (χ0n) is 17.1. The van der Waals surface area contributed by atoms with Crippen LogP contribution < -0.4 is 9.47 Å². The number of hydrogen-bond donors (Lipinski definition) is 1. The summed E-state index contributed by atoms with van der Waals surface area (Å²) in [5.74, 6) is 1.82. The zero-order valence-corrected chi connectivity index (χ0v) is 17.1. The van der Waals surface area contributed by atoms with Gasteiger partial charge in [-0.3, -0.25) is 4.79 Å². The summed E-state index contributed by atoms with van der Waals surface area (Å²) in [7, 11) is 3.33. The van der Waals surface area contributed by atoms with Crippen molar-refractivity contribution in [2.24, 2.45) is 0 Å². The molecule has 5 heteroatoms. The number of aromatic amines is 1. The molecule has 1 saturated heterocycles. The first-order valence-corrected chi connectivity index (χ1v) is 10.3. The van der Waals surface area contributed by atoms with E-state index in [0.29, 0.717) is 6.42 Å². The lowest BCUT2D eigenvalue weighted by atomic mass is 10.0. The Hall–Kier alpha value is -2.95. The molecule has 1 N–H and O–H groups in total. The molecule has 4 rings (SSSR count). The van der Waals surface area contributed by atoms with Gasteiger partial charge in [0, 0.05) is 35.6 Å². The van der Waals surface area contributed by atoms with Gasteiger partial charge in [0.1, 0.15) is 11.5 Å². The van der Waals surface area contributed by atoms with Gasteiger partial charge < -0.3 is 19.4 Å². The Kier molecular flexibility index (Phi) is 5.74. The van der Waals surface area contributed by atoms with Crippen molar-refractivity contribution in [2.45, 2.75) is 38.1 Å². The SMILES string of the molecule is COc1ccc(OC)c([C@@H]2CCCN2C(=O)CCCc2c[nH]c3ccccc23)c1. The summed E-state index contributed by atoms with van der Waals surface area (Å²) < 4.78 is 10.9. The van der Waals surface area contributed by atoms with Crippen LogP contribution in [0.2, 0.25) is 0 Å². The number of carbonyl (C=O) groups is 1. The Morgan fingerprint density at radius 2 is 2.03 bits per heavy atom. The normalized spacial score (nSPS) is 16.3. The number of H-pyrrole nitrogens is 1. The second kappa shape index (κ2) is 8.60. The van der Waals surface area contributed by atoms with E-state index in [1.54, 1.807) is 14.2 Å². The maximum atomic E-state index is 13.0. The predicted molar refractivity (Wildman–Crippen MR) is 114 cm³/mol. The third kappa shape index (κ3) is 3.95. The quantitative estimate of drug-likeness (QED) is 0.624. The largest absolute Gasteiger partial charge is 0.497 e. The topological polar surface area (TPSA) is 54.6 Å². The molecule has 0 bridgehead atoms. The number of methoxy groups -OCH3 is 2. The van der Waals surface area contributed by atoms with Gasteiger partial charge in [0.2, 0.25) is 5.91 Å². The van der Waals surface area contributed by atoms with Crippen LogP contribution in [0.5, 0.6) is 11.5 Å². The van der Waals surface area contributed by atoms with Crippen LogP contribution in [0.1, 0.15) is 42.9 Å². The fraction of sp³-hybridized carbons (Fsp3) is 0.375. The molecule has 1 fully saturated rings. The molecule has 1 aliphatic rings. The van der Waals surface area contributed by atoms with Crippen LogP contribution in [-0.4, -0.2) is 36.6 Å². The molecule has 0 aliphatic carbocycles. The van der Waals surface area contributed by atoms with Crippen molar-refractivity contribution in [3.8, 4) is 11.5 Å². The lowest BCUT2D eigenvalue weighted by molar-refractivity contribution is -0.132. The van der Waals surface area contributed by atoms with Gasteiger partial charge in [-0.15, -0.1) is 0 Å². The number of carbonyl (C=O) groups excluding carboxylic acids is 1. The summed E-state index contributed by atoms with van der Waals surface area (Å²) >= 11 is 0. The minimum Gasteiger partial charge on any atom is -0.497 e. The average Bonchev–Trinajstić information content (AvgIpc) is 3.41. The number of ether oxygens (including phenoxy) is 2. The van der Waals surface area contributed by atoms with Gasteiger partial charge >= 0.3 is 0 Å². The Morgan fingerprint density at radius 1 is 1.17 bits per heavy atom. The van der Waals surface area contributed by atoms with Crippen molar-refractivity contribution in [1.29, 1.82) is 0 Å². The van der Waals surface area contributed by atoms with Gasteiger partial charge in [-0.2, -0.15) is 0 Å². The van der Waals surface area contributed by atoms with Gasteiger partial charge in [-0.25, -0.2) is 0 Å². The molecule has 1 amide bonds. The molecule has 3 aromatic rings. The Morgan fingerprint density at radius 3 is 2.86 bits per heavy atom. The number of aryl methyl sites for hydroxylation is 1. The number of para-hydroxylation sites is 1. The highest BCUT2D eigenvalue weighted by Gasteiger charge is 2.31. The third-order valence-electron chi connectivity index (χ3n) is 5.88. The Balaban J connectivity index is 1.43. The summed E-state index contributed by atoms with van der Waals surface area (Å²) in [6, 6.07) is 14.2. The van der Waals surface area contributed by atoms with Gasteiger partial charge in [0.05, 0.1) is 20.3 Å². The molecule has 152 valence electrons. The number of amides is 1. The van der Waals surface area contributed by atoms with Crippen molar-refractivity contribution in [1.82, 2.24) is 9.88 Å². The van der Waals surface area contributed by atoms with Crippen LogP contribution in [-0.2, 0) is 11.2 Å². The fourth-order valence-electron chi connectivity index (χ4n) is 4.40. The summed E-state index contributed by atoms with van der Waals surface area (Å²) in [5, 5.41) is 1.25. The molecule has 1 aromatic heterocycles. The van der Waals surface area contributed by atoms with Crippen molar-refractivity contribution in [3.63, 3.8) is 0 Å². The van der Waals surface area contributed by atoms with Crippen molar-refractivity contribution in [2.75, 3.05) is 20.8 Å². The highest BCUT2D eigenvalue weighted by Crippen LogP contribution is 2.39. The first-order valence-electron chi connectivity index (χ1n) is 10.3. The second-order valence-corrected chi connectivity index (χ2v) is 7.57. The Labute approximate surface area is 171 Å². The zero-order chi connectivity index (χ0) is 20.2. The lowest BCUT2D eigenvalue weighted by Gasteiger charge is -2.27. The number of rotatable bonds is 7. The number of likely N-dealkylation sites (tertiary alicyclic amines) is 1. The average molecular weight is 392 g/mol. The molecular weight excluding hydrogens is 364 g/mol. The van der Waals surface area contributed by atoms with Gasteiger partial charge in [-0.05, 0) is 55.5 Å². The minimum atomic E-state index is 0.0561. The maximum absolute atomic E-state index is 13.0. The maximum Gasteiger partial charge on any atom is 0.223 e. The molecule has 0 spiro atoms. The van der Waals surface area contributed by atoms with Gasteiger partial charge in [-0.1, -0.05) is 18.2 Å². The number of aromatic nitrogens is 1. The summed E-state index contributed by atoms with van der Waals surface area (Å²) in [6.07, 6.45) is 6.34. The number of nitrogens with one attached hydrogen (secondary N) is 1. The van der Waals surface area contributed by atoms with E-state index in [-0.39, 0.29) is 11.9 Å². The van der Waals surface area contributed by atoms with Crippen molar-refractivity contribution in [3.05, 3.63) is 59.8 Å². The van der Waals surface area contributed by atoms with E-state index >= 15 is 0 Å². The van der Waals surface area contributed by atoms with Crippen molar-refractivity contribution < 1.29 is 14.3 Å². The van der Waals surface area contributed by atoms with Crippen molar-refractivity contribution >= 4 is 16.8 Å². The van der Waals surface area contributed by atoms with Gasteiger partial charge in [0.15, 0.2) is 0 Å². The third-order valence-corrected chi connectivity index (χ3v) is 5.88. The van der Waals surface area contributed by atoms with Crippen LogP contribution in [0.25, 0.3) is 10.9 Å². The summed E-state index contributed by atoms with van der Waals surface area (Å²) in [5.41, 5.74) is 3.47. The molecule has 2 heterocycles. The molecule has 5 nitrogen and oxygen atoms in total. The molecule has 1 aliphatic heterocycles. The molecular formula is C24H28N2O3. The molecule has 1 atom stereocenters. The number of hydrogen-bond acceptors (Lipinski definition) is 3. The van der Waals surface area contributed by atoms with Gasteiger partial charge in [0.25, 0.3) is 0 Å². The van der Waals surface area contributed by atoms with E-state index in [9.17, 15) is 4.79 Å². The smallest absolute Gasteiger partial charge is 0.223 e. The standard InChI is InChI=1S/C24H28N2O3/c1-28-18-12-13-23(29-2)20(15-18)22-10-6-14-26(22)24(27)11-5-7-17-16-25-21-9-4-3-8-19(17)21/h3-4,8-9,12-13,15-16,22,25H,5-7,10-11,14H2,1-2H3/t22-/m0/s1. The van der Waals surface area contributed by atoms with E-state index in [1.807, 2.05) is 29.2 Å². The number of nitrogens with zero attached hydrogens (tertiary/aromatic N) is 1. The molecule has 29 heavy (non-hydrogen) atoms. The van der Waals surface area contributed by atoms with Crippen LogP contribution in [0, 0.1) is 0 Å². The molecule has 0 saturated carbocycles. The summed E-state index contributed by atoms with van der Waals surface area (Å²) in [4.78, 5) is 18.4. The predicted octanol–water partition coefficient (Wildman–Crippen LogP) is 4.87. The first kappa shape index (κ1) is 19.4. The van der Waals surface area contributed by atoms with E-state index in [1.165, 1.54) is 10.9 Å². The van der Waals surface area contributed by atoms with E-state index in [4.69, 9.17) is 9.47 Å². The molecule has 2 aromatic carbocycles. The monoisotopic (exact) mass is 392 g/mol. The first-order chi connectivity index (χ1) is 14.2. The molecule has 0 radical (unpaired) electrons. The van der Waals surface area contributed by atoms with E-state index < -0.39 is 0 Å². The molecule has 0 unspecified atom stereocenters. The highest BCUT2D eigenvalue weighted by atomic mass is 16.5. The summed E-state index contributed by atoms with van der Waals surface area (Å²) in [6.45, 7) is 0.803. The second-order valence-electron chi connectivity index (χ2n) is 7.57. The lowest BCUT2D eigenvalue weighted by Crippen LogP contribution is -2.30. The van der Waals surface area contributed by atoms with E-state index in [2.05, 4.69) is 29.4 Å².